The summed E-state index contributed by atoms with van der Waals surface area (Å²) >= 11 is 11.7. The molecule has 1 heterocycles. The molecule has 20 heavy (non-hydrogen) atoms. The van der Waals surface area contributed by atoms with Gasteiger partial charge in [0.2, 0.25) is 0 Å². The number of hydrogen-bond acceptors (Lipinski definition) is 4. The molecular weight excluding hydrogens is 305 g/mol. The predicted octanol–water partition coefficient (Wildman–Crippen LogP) is 1.44. The molecule has 2 aromatic rings. The summed E-state index contributed by atoms with van der Waals surface area (Å²) in [5.74, 6) is -0.535. The highest BCUT2D eigenvalue weighted by Gasteiger charge is 2.15. The molecule has 0 aliphatic heterocycles. The molecule has 0 spiro atoms. The Hall–Kier alpha value is -1.92. The zero-order valence-electron chi connectivity index (χ0n) is 10.6. The maximum absolute atomic E-state index is 12.1. The van der Waals surface area contributed by atoms with Gasteiger partial charge in [-0.3, -0.25) is 14.2 Å². The van der Waals surface area contributed by atoms with Crippen molar-refractivity contribution in [2.75, 3.05) is 0 Å². The molecule has 0 radical (unpaired) electrons. The van der Waals surface area contributed by atoms with E-state index in [0.29, 0.717) is 10.0 Å². The molecule has 0 amide bonds. The third kappa shape index (κ3) is 2.52. The molecule has 1 aromatic heterocycles. The van der Waals surface area contributed by atoms with Crippen LogP contribution in [-0.4, -0.2) is 20.1 Å². The van der Waals surface area contributed by atoms with Gasteiger partial charge >= 0.3 is 5.69 Å². The fraction of sp³-hybridized carbons (Fsp3) is 0.167. The van der Waals surface area contributed by atoms with Crippen LogP contribution in [0.5, 0.6) is 0 Å². The van der Waals surface area contributed by atoms with E-state index < -0.39 is 17.0 Å². The summed E-state index contributed by atoms with van der Waals surface area (Å²) in [5.41, 5.74) is -1.50. The molecular formula is C12H9Cl2N3O3. The highest BCUT2D eigenvalue weighted by Crippen LogP contribution is 2.20. The maximum Gasteiger partial charge on any atom is 0.351 e. The van der Waals surface area contributed by atoms with Crippen LogP contribution in [-0.2, 0) is 7.05 Å². The number of halogens is 2. The van der Waals surface area contributed by atoms with Gasteiger partial charge in [-0.1, -0.05) is 23.2 Å². The molecule has 0 N–H and O–H groups in total. The van der Waals surface area contributed by atoms with Crippen LogP contribution in [0.3, 0.4) is 0 Å². The summed E-state index contributed by atoms with van der Waals surface area (Å²) in [4.78, 5) is 35.2. The van der Waals surface area contributed by atoms with Crippen molar-refractivity contribution in [3.05, 3.63) is 54.8 Å². The molecule has 0 saturated carbocycles. The maximum atomic E-state index is 12.1. The first-order chi connectivity index (χ1) is 9.31. The first-order valence-electron chi connectivity index (χ1n) is 5.49. The van der Waals surface area contributed by atoms with E-state index in [9.17, 15) is 14.4 Å². The number of nitrogens with zero attached hydrogens (tertiary/aromatic N) is 3. The number of Topliss-reactive ketones (excluding diaryl/α,β-unsaturated/α-hetero) is 1. The lowest BCUT2D eigenvalue weighted by Crippen LogP contribution is -2.42. The summed E-state index contributed by atoms with van der Waals surface area (Å²) in [6.45, 7) is 1.20. The lowest BCUT2D eigenvalue weighted by Gasteiger charge is -2.08. The van der Waals surface area contributed by atoms with Crippen molar-refractivity contribution >= 4 is 29.0 Å². The summed E-state index contributed by atoms with van der Waals surface area (Å²) in [5, 5.41) is 4.40. The van der Waals surface area contributed by atoms with Gasteiger partial charge in [-0.2, -0.15) is 9.78 Å². The van der Waals surface area contributed by atoms with Crippen LogP contribution in [0.15, 0.2) is 27.8 Å². The van der Waals surface area contributed by atoms with Gasteiger partial charge in [0.05, 0.1) is 5.69 Å². The fourth-order valence-electron chi connectivity index (χ4n) is 1.62. The van der Waals surface area contributed by atoms with Crippen LogP contribution in [0.25, 0.3) is 5.69 Å². The van der Waals surface area contributed by atoms with E-state index in [1.807, 2.05) is 0 Å². The minimum atomic E-state index is -0.744. The number of ketones is 1. The number of carbonyl (C=O) groups excluding carboxylic acids is 1. The van der Waals surface area contributed by atoms with E-state index in [4.69, 9.17) is 23.2 Å². The fourth-order valence-corrected chi connectivity index (χ4v) is 2.14. The molecule has 0 unspecified atom stereocenters. The molecule has 0 aliphatic rings. The van der Waals surface area contributed by atoms with Crippen molar-refractivity contribution in [3.63, 3.8) is 0 Å². The van der Waals surface area contributed by atoms with Gasteiger partial charge in [0.15, 0.2) is 11.5 Å². The van der Waals surface area contributed by atoms with Crippen molar-refractivity contribution in [1.82, 2.24) is 14.3 Å². The predicted molar refractivity (Wildman–Crippen MR) is 75.1 cm³/mol. The molecule has 0 saturated heterocycles. The van der Waals surface area contributed by atoms with E-state index in [1.54, 1.807) is 0 Å². The first-order valence-corrected chi connectivity index (χ1v) is 6.24. The van der Waals surface area contributed by atoms with E-state index >= 15 is 0 Å². The van der Waals surface area contributed by atoms with Crippen molar-refractivity contribution in [2.24, 2.45) is 7.05 Å². The van der Waals surface area contributed by atoms with E-state index in [-0.39, 0.29) is 11.4 Å². The quantitative estimate of drug-likeness (QED) is 0.786. The third-order valence-corrected chi connectivity index (χ3v) is 3.04. The first kappa shape index (κ1) is 14.5. The van der Waals surface area contributed by atoms with Gasteiger partial charge in [-0.05, 0) is 18.2 Å². The Balaban J connectivity index is 2.84. The second kappa shape index (κ2) is 5.22. The molecule has 104 valence electrons. The zero-order valence-corrected chi connectivity index (χ0v) is 12.1. The van der Waals surface area contributed by atoms with Crippen LogP contribution < -0.4 is 11.2 Å². The van der Waals surface area contributed by atoms with Gasteiger partial charge in [0, 0.05) is 24.0 Å². The van der Waals surface area contributed by atoms with Crippen LogP contribution in [0.1, 0.15) is 17.4 Å². The van der Waals surface area contributed by atoms with E-state index in [0.717, 1.165) is 9.25 Å². The number of hydrogen-bond donors (Lipinski definition) is 0. The average Bonchev–Trinajstić information content (AvgIpc) is 2.34. The second-order valence-corrected chi connectivity index (χ2v) is 4.96. The number of aromatic nitrogens is 3. The van der Waals surface area contributed by atoms with Gasteiger partial charge in [0.25, 0.3) is 5.56 Å². The molecule has 1 aromatic carbocycles. The van der Waals surface area contributed by atoms with Crippen LogP contribution in [0, 0.1) is 0 Å². The molecule has 0 fully saturated rings. The smallest absolute Gasteiger partial charge is 0.292 e. The normalized spacial score (nSPS) is 10.6. The Labute approximate surface area is 123 Å². The van der Waals surface area contributed by atoms with E-state index in [2.05, 4.69) is 5.10 Å². The van der Waals surface area contributed by atoms with Crippen molar-refractivity contribution in [1.29, 1.82) is 0 Å². The third-order valence-electron chi connectivity index (χ3n) is 2.60. The summed E-state index contributed by atoms with van der Waals surface area (Å²) in [6, 6.07) is 4.40. The van der Waals surface area contributed by atoms with Gasteiger partial charge in [-0.15, -0.1) is 0 Å². The minimum Gasteiger partial charge on any atom is -0.292 e. The number of benzene rings is 1. The summed E-state index contributed by atoms with van der Waals surface area (Å²) in [6.07, 6.45) is 0. The lowest BCUT2D eigenvalue weighted by atomic mass is 10.3. The van der Waals surface area contributed by atoms with Crippen LogP contribution in [0.4, 0.5) is 0 Å². The van der Waals surface area contributed by atoms with Crippen LogP contribution >= 0.6 is 23.2 Å². The molecule has 2 rings (SSSR count). The largest absolute Gasteiger partial charge is 0.351 e. The van der Waals surface area contributed by atoms with Crippen LogP contribution in [0.2, 0.25) is 10.0 Å². The standard InChI is InChI=1S/C12H9Cl2N3O3/c1-6(18)10-11(19)16(2)12(20)17(15-10)9-4-7(13)3-8(14)5-9/h3-5H,1-2H3. The summed E-state index contributed by atoms with van der Waals surface area (Å²) in [7, 11) is 1.27. The summed E-state index contributed by atoms with van der Waals surface area (Å²) < 4.78 is 1.72. The van der Waals surface area contributed by atoms with Gasteiger partial charge in [-0.25, -0.2) is 4.79 Å². The molecule has 0 bridgehead atoms. The van der Waals surface area contributed by atoms with Crippen molar-refractivity contribution in [3.8, 4) is 5.69 Å². The Morgan fingerprint density at radius 1 is 1.15 bits per heavy atom. The SMILES string of the molecule is CC(=O)c1nn(-c2cc(Cl)cc(Cl)c2)c(=O)n(C)c1=O. The monoisotopic (exact) mass is 313 g/mol. The Kier molecular flexibility index (Phi) is 3.78. The molecule has 0 atom stereocenters. The van der Waals surface area contributed by atoms with Crippen molar-refractivity contribution < 1.29 is 4.79 Å². The van der Waals surface area contributed by atoms with Crippen molar-refractivity contribution in [2.45, 2.75) is 6.92 Å². The minimum absolute atomic E-state index is 0.269. The van der Waals surface area contributed by atoms with Gasteiger partial charge in [0.1, 0.15) is 0 Å². The topological polar surface area (TPSA) is 74.0 Å². The average molecular weight is 314 g/mol. The highest BCUT2D eigenvalue weighted by molar-refractivity contribution is 6.34. The van der Waals surface area contributed by atoms with Gasteiger partial charge < -0.3 is 0 Å². The Morgan fingerprint density at radius 3 is 2.20 bits per heavy atom. The molecule has 8 heteroatoms. The second-order valence-electron chi connectivity index (χ2n) is 4.09. The highest BCUT2D eigenvalue weighted by atomic mass is 35.5. The number of carbonyl (C=O) groups is 1. The number of rotatable bonds is 2. The Morgan fingerprint density at radius 2 is 1.70 bits per heavy atom. The van der Waals surface area contributed by atoms with E-state index in [1.165, 1.54) is 32.2 Å². The lowest BCUT2D eigenvalue weighted by molar-refractivity contribution is 0.100. The Bertz CT molecular complexity index is 803. The molecule has 6 nitrogen and oxygen atoms in total. The molecule has 0 aliphatic carbocycles. The zero-order chi connectivity index (χ0) is 15.0.